The van der Waals surface area contributed by atoms with Gasteiger partial charge in [0.25, 0.3) is 5.91 Å². The second-order valence-corrected chi connectivity index (χ2v) is 6.09. The summed E-state index contributed by atoms with van der Waals surface area (Å²) < 4.78 is 0.933. The molecule has 1 aliphatic heterocycles. The lowest BCUT2D eigenvalue weighted by molar-refractivity contribution is 0.0759. The lowest BCUT2D eigenvalue weighted by Gasteiger charge is -2.22. The summed E-state index contributed by atoms with van der Waals surface area (Å²) in [6.45, 7) is 6.13. The molecule has 1 amide bonds. The Bertz CT molecular complexity index is 479. The molecule has 2 rings (SSSR count). The van der Waals surface area contributed by atoms with Crippen molar-refractivity contribution in [3.8, 4) is 0 Å². The van der Waals surface area contributed by atoms with E-state index in [4.69, 9.17) is 5.11 Å². The van der Waals surface area contributed by atoms with Gasteiger partial charge in [-0.2, -0.15) is 0 Å². The van der Waals surface area contributed by atoms with Gasteiger partial charge in [0.1, 0.15) is 0 Å². The number of carbonyl (C=O) groups is 1. The fourth-order valence-corrected chi connectivity index (χ4v) is 2.90. The number of aryl methyl sites for hydroxylation is 1. The maximum atomic E-state index is 12.6. The van der Waals surface area contributed by atoms with Crippen molar-refractivity contribution in [3.05, 3.63) is 33.8 Å². The standard InChI is InChI=1S/C15H21BrN2O2/c1-12-3-4-13(16)11-14(12)15(20)18-6-2-5-17(7-8-18)9-10-19/h3-4,11,19H,2,5-10H2,1H3. The lowest BCUT2D eigenvalue weighted by atomic mass is 10.1. The van der Waals surface area contributed by atoms with Crippen molar-refractivity contribution in [2.75, 3.05) is 39.3 Å². The molecule has 1 fully saturated rings. The van der Waals surface area contributed by atoms with Crippen LogP contribution in [0.2, 0.25) is 0 Å². The van der Waals surface area contributed by atoms with E-state index in [0.717, 1.165) is 48.2 Å². The molecule has 0 unspecified atom stereocenters. The zero-order valence-corrected chi connectivity index (χ0v) is 13.4. The quantitative estimate of drug-likeness (QED) is 0.913. The zero-order valence-electron chi connectivity index (χ0n) is 11.8. The fourth-order valence-electron chi connectivity index (χ4n) is 2.53. The maximum Gasteiger partial charge on any atom is 0.254 e. The van der Waals surface area contributed by atoms with Crippen LogP contribution in [0.25, 0.3) is 0 Å². The molecule has 0 radical (unpaired) electrons. The molecule has 4 nitrogen and oxygen atoms in total. The number of benzene rings is 1. The van der Waals surface area contributed by atoms with Crippen LogP contribution < -0.4 is 0 Å². The molecule has 1 N–H and O–H groups in total. The van der Waals surface area contributed by atoms with Crippen LogP contribution in [-0.2, 0) is 0 Å². The van der Waals surface area contributed by atoms with Crippen molar-refractivity contribution in [2.45, 2.75) is 13.3 Å². The van der Waals surface area contributed by atoms with Crippen molar-refractivity contribution in [1.82, 2.24) is 9.80 Å². The first-order chi connectivity index (χ1) is 9.61. The largest absolute Gasteiger partial charge is 0.395 e. The Labute approximate surface area is 128 Å². The average Bonchev–Trinajstić information content (AvgIpc) is 2.67. The van der Waals surface area contributed by atoms with Gasteiger partial charge in [-0.05, 0) is 37.6 Å². The van der Waals surface area contributed by atoms with Gasteiger partial charge in [0.2, 0.25) is 0 Å². The minimum Gasteiger partial charge on any atom is -0.395 e. The summed E-state index contributed by atoms with van der Waals surface area (Å²) in [5.41, 5.74) is 1.78. The number of aliphatic hydroxyl groups excluding tert-OH is 1. The summed E-state index contributed by atoms with van der Waals surface area (Å²) in [7, 11) is 0. The van der Waals surface area contributed by atoms with Gasteiger partial charge in [0.05, 0.1) is 6.61 Å². The molecule has 0 atom stereocenters. The van der Waals surface area contributed by atoms with E-state index in [1.807, 2.05) is 30.0 Å². The molecule has 1 saturated heterocycles. The Morgan fingerprint density at radius 2 is 2.10 bits per heavy atom. The highest BCUT2D eigenvalue weighted by Gasteiger charge is 2.21. The van der Waals surface area contributed by atoms with Crippen LogP contribution in [0.5, 0.6) is 0 Å². The van der Waals surface area contributed by atoms with E-state index in [1.165, 1.54) is 0 Å². The van der Waals surface area contributed by atoms with Crippen LogP contribution in [0, 0.1) is 6.92 Å². The Kier molecular flexibility index (Phi) is 5.57. The molecule has 0 bridgehead atoms. The molecule has 1 aliphatic rings. The smallest absolute Gasteiger partial charge is 0.254 e. The Morgan fingerprint density at radius 3 is 2.85 bits per heavy atom. The van der Waals surface area contributed by atoms with Crippen molar-refractivity contribution >= 4 is 21.8 Å². The predicted molar refractivity (Wildman–Crippen MR) is 82.9 cm³/mol. The number of β-amino-alcohol motifs (C(OH)–C–C–N with tert-alkyl or cyclic N) is 1. The van der Waals surface area contributed by atoms with Crippen LogP contribution in [0.1, 0.15) is 22.3 Å². The van der Waals surface area contributed by atoms with Crippen LogP contribution >= 0.6 is 15.9 Å². The number of aliphatic hydroxyl groups is 1. The van der Waals surface area contributed by atoms with Gasteiger partial charge in [-0.3, -0.25) is 9.69 Å². The molecule has 1 aromatic rings. The van der Waals surface area contributed by atoms with E-state index in [1.54, 1.807) is 0 Å². The molecule has 110 valence electrons. The summed E-state index contributed by atoms with van der Waals surface area (Å²) in [5, 5.41) is 9.00. The second kappa shape index (κ2) is 7.20. The number of halogens is 1. The third-order valence-electron chi connectivity index (χ3n) is 3.72. The van der Waals surface area contributed by atoms with Gasteiger partial charge in [0, 0.05) is 36.2 Å². The normalized spacial score (nSPS) is 17.1. The van der Waals surface area contributed by atoms with E-state index in [0.29, 0.717) is 6.54 Å². The van der Waals surface area contributed by atoms with Crippen LogP contribution in [0.3, 0.4) is 0 Å². The summed E-state index contributed by atoms with van der Waals surface area (Å²) in [6.07, 6.45) is 0.957. The predicted octanol–water partition coefficient (Wildman–Crippen LogP) is 1.90. The summed E-state index contributed by atoms with van der Waals surface area (Å²) in [5.74, 6) is 0.106. The Hall–Kier alpha value is -0.910. The fraction of sp³-hybridized carbons (Fsp3) is 0.533. The van der Waals surface area contributed by atoms with Gasteiger partial charge in [-0.1, -0.05) is 22.0 Å². The Morgan fingerprint density at radius 1 is 1.30 bits per heavy atom. The zero-order chi connectivity index (χ0) is 14.5. The van der Waals surface area contributed by atoms with E-state index in [-0.39, 0.29) is 12.5 Å². The third kappa shape index (κ3) is 3.81. The Balaban J connectivity index is 2.07. The van der Waals surface area contributed by atoms with Crippen molar-refractivity contribution in [2.24, 2.45) is 0 Å². The number of hydrogen-bond donors (Lipinski definition) is 1. The number of amides is 1. The highest BCUT2D eigenvalue weighted by Crippen LogP contribution is 2.18. The first-order valence-electron chi connectivity index (χ1n) is 7.00. The van der Waals surface area contributed by atoms with Gasteiger partial charge >= 0.3 is 0 Å². The molecule has 0 aliphatic carbocycles. The first-order valence-corrected chi connectivity index (χ1v) is 7.80. The van der Waals surface area contributed by atoms with Crippen LogP contribution in [0.4, 0.5) is 0 Å². The molecule has 0 spiro atoms. The summed E-state index contributed by atoms with van der Waals surface area (Å²) >= 11 is 3.43. The van der Waals surface area contributed by atoms with Gasteiger partial charge in [-0.25, -0.2) is 0 Å². The number of nitrogens with zero attached hydrogens (tertiary/aromatic N) is 2. The molecule has 1 aromatic carbocycles. The molecule has 0 saturated carbocycles. The number of hydrogen-bond acceptors (Lipinski definition) is 3. The third-order valence-corrected chi connectivity index (χ3v) is 4.22. The lowest BCUT2D eigenvalue weighted by Crippen LogP contribution is -2.36. The van der Waals surface area contributed by atoms with Gasteiger partial charge in [-0.15, -0.1) is 0 Å². The number of rotatable bonds is 3. The number of carbonyl (C=O) groups excluding carboxylic acids is 1. The topological polar surface area (TPSA) is 43.8 Å². The molecule has 5 heteroatoms. The summed E-state index contributed by atoms with van der Waals surface area (Å²) in [6, 6.07) is 5.82. The maximum absolute atomic E-state index is 12.6. The highest BCUT2D eigenvalue weighted by atomic mass is 79.9. The molecule has 1 heterocycles. The first kappa shape index (κ1) is 15.5. The van der Waals surface area contributed by atoms with Gasteiger partial charge in [0.15, 0.2) is 0 Å². The average molecular weight is 341 g/mol. The molecule has 20 heavy (non-hydrogen) atoms. The van der Waals surface area contributed by atoms with Gasteiger partial charge < -0.3 is 10.0 Å². The molecular weight excluding hydrogens is 320 g/mol. The molecule has 0 aromatic heterocycles. The minimum absolute atomic E-state index is 0.106. The van der Waals surface area contributed by atoms with E-state index < -0.39 is 0 Å². The molecular formula is C15H21BrN2O2. The second-order valence-electron chi connectivity index (χ2n) is 5.17. The van der Waals surface area contributed by atoms with Crippen LogP contribution in [-0.4, -0.2) is 60.1 Å². The van der Waals surface area contributed by atoms with Crippen LogP contribution in [0.15, 0.2) is 22.7 Å². The van der Waals surface area contributed by atoms with E-state index in [2.05, 4.69) is 20.8 Å². The van der Waals surface area contributed by atoms with Crippen molar-refractivity contribution in [3.63, 3.8) is 0 Å². The minimum atomic E-state index is 0.106. The monoisotopic (exact) mass is 340 g/mol. The SMILES string of the molecule is Cc1ccc(Br)cc1C(=O)N1CCCN(CCO)CC1. The van der Waals surface area contributed by atoms with Crippen molar-refractivity contribution in [1.29, 1.82) is 0 Å². The van der Waals surface area contributed by atoms with Crippen molar-refractivity contribution < 1.29 is 9.90 Å². The van der Waals surface area contributed by atoms with E-state index >= 15 is 0 Å². The van der Waals surface area contributed by atoms with E-state index in [9.17, 15) is 4.79 Å². The highest BCUT2D eigenvalue weighted by molar-refractivity contribution is 9.10. The summed E-state index contributed by atoms with van der Waals surface area (Å²) in [4.78, 5) is 16.8.